The molecule has 0 amide bonds. The summed E-state index contributed by atoms with van der Waals surface area (Å²) >= 11 is 0. The van der Waals surface area contributed by atoms with Crippen LogP contribution in [-0.2, 0) is 13.5 Å². The van der Waals surface area contributed by atoms with Crippen LogP contribution >= 0.6 is 0 Å². The molecular formula is C12H18N4O. The standard InChI is InChI=1S/C12H18N4O/c1-8(7-10-5-4-6-17-10)14-12-11(13)9(2)15-16(12)3/h4-6,8,14H,7,13H2,1-3H3. The molecule has 0 spiro atoms. The fourth-order valence-electron chi connectivity index (χ4n) is 1.86. The summed E-state index contributed by atoms with van der Waals surface area (Å²) in [4.78, 5) is 0. The first-order chi connectivity index (χ1) is 8.08. The highest BCUT2D eigenvalue weighted by atomic mass is 16.3. The number of hydrogen-bond acceptors (Lipinski definition) is 4. The molecule has 2 heterocycles. The van der Waals surface area contributed by atoms with Gasteiger partial charge in [0.2, 0.25) is 0 Å². The first-order valence-electron chi connectivity index (χ1n) is 5.66. The molecule has 5 nitrogen and oxygen atoms in total. The Kier molecular flexibility index (Phi) is 3.08. The van der Waals surface area contributed by atoms with E-state index in [0.717, 1.165) is 23.7 Å². The topological polar surface area (TPSA) is 69.0 Å². The number of aryl methyl sites for hydroxylation is 2. The summed E-state index contributed by atoms with van der Waals surface area (Å²) < 4.78 is 7.08. The van der Waals surface area contributed by atoms with E-state index in [1.165, 1.54) is 0 Å². The van der Waals surface area contributed by atoms with Crippen LogP contribution in [0.25, 0.3) is 0 Å². The fourth-order valence-corrected chi connectivity index (χ4v) is 1.86. The van der Waals surface area contributed by atoms with Gasteiger partial charge in [0.05, 0.1) is 17.6 Å². The summed E-state index contributed by atoms with van der Waals surface area (Å²) in [7, 11) is 1.88. The normalized spacial score (nSPS) is 12.6. The molecule has 0 radical (unpaired) electrons. The van der Waals surface area contributed by atoms with Gasteiger partial charge in [0, 0.05) is 19.5 Å². The van der Waals surface area contributed by atoms with E-state index in [4.69, 9.17) is 10.2 Å². The van der Waals surface area contributed by atoms with Gasteiger partial charge >= 0.3 is 0 Å². The lowest BCUT2D eigenvalue weighted by Gasteiger charge is -2.14. The van der Waals surface area contributed by atoms with Gasteiger partial charge in [-0.2, -0.15) is 5.10 Å². The van der Waals surface area contributed by atoms with Crippen molar-refractivity contribution < 1.29 is 4.42 Å². The maximum Gasteiger partial charge on any atom is 0.147 e. The lowest BCUT2D eigenvalue weighted by Crippen LogP contribution is -2.20. The van der Waals surface area contributed by atoms with Gasteiger partial charge in [-0.1, -0.05) is 0 Å². The predicted octanol–water partition coefficient (Wildman–Crippen LogP) is 1.95. The lowest BCUT2D eigenvalue weighted by molar-refractivity contribution is 0.497. The van der Waals surface area contributed by atoms with E-state index in [-0.39, 0.29) is 6.04 Å². The maximum atomic E-state index is 5.96. The molecule has 0 fully saturated rings. The Balaban J connectivity index is 2.05. The summed E-state index contributed by atoms with van der Waals surface area (Å²) in [6.07, 6.45) is 2.50. The molecule has 0 saturated heterocycles. The van der Waals surface area contributed by atoms with Crippen LogP contribution in [0.5, 0.6) is 0 Å². The average Bonchev–Trinajstić information content (AvgIpc) is 2.83. The number of rotatable bonds is 4. The quantitative estimate of drug-likeness (QED) is 0.848. The Morgan fingerprint density at radius 3 is 2.88 bits per heavy atom. The number of nitrogen functional groups attached to an aromatic ring is 1. The zero-order valence-corrected chi connectivity index (χ0v) is 10.4. The number of furan rings is 1. The minimum Gasteiger partial charge on any atom is -0.469 e. The van der Waals surface area contributed by atoms with Gasteiger partial charge in [0.25, 0.3) is 0 Å². The van der Waals surface area contributed by atoms with Crippen LogP contribution < -0.4 is 11.1 Å². The smallest absolute Gasteiger partial charge is 0.147 e. The Morgan fingerprint density at radius 1 is 1.59 bits per heavy atom. The molecule has 0 aliphatic carbocycles. The van der Waals surface area contributed by atoms with Gasteiger partial charge in [0.1, 0.15) is 11.6 Å². The van der Waals surface area contributed by atoms with Crippen LogP contribution in [0.3, 0.4) is 0 Å². The number of aromatic nitrogens is 2. The second-order valence-electron chi connectivity index (χ2n) is 4.30. The number of hydrogen-bond donors (Lipinski definition) is 2. The van der Waals surface area contributed by atoms with E-state index in [2.05, 4.69) is 17.3 Å². The van der Waals surface area contributed by atoms with Crippen molar-refractivity contribution in [2.75, 3.05) is 11.1 Å². The van der Waals surface area contributed by atoms with Gasteiger partial charge in [-0.15, -0.1) is 0 Å². The zero-order valence-electron chi connectivity index (χ0n) is 10.4. The van der Waals surface area contributed by atoms with Crippen molar-refractivity contribution in [3.8, 4) is 0 Å². The van der Waals surface area contributed by atoms with Crippen molar-refractivity contribution in [3.05, 3.63) is 29.9 Å². The SMILES string of the molecule is Cc1nn(C)c(NC(C)Cc2ccco2)c1N. The largest absolute Gasteiger partial charge is 0.469 e. The molecule has 1 unspecified atom stereocenters. The summed E-state index contributed by atoms with van der Waals surface area (Å²) in [5.41, 5.74) is 7.51. The van der Waals surface area contributed by atoms with Crippen molar-refractivity contribution in [1.82, 2.24) is 9.78 Å². The minimum atomic E-state index is 0.234. The Labute approximate surface area is 101 Å². The van der Waals surface area contributed by atoms with Crippen molar-refractivity contribution in [2.45, 2.75) is 26.3 Å². The van der Waals surface area contributed by atoms with Gasteiger partial charge in [-0.05, 0) is 26.0 Å². The van der Waals surface area contributed by atoms with Crippen molar-refractivity contribution in [1.29, 1.82) is 0 Å². The van der Waals surface area contributed by atoms with E-state index in [9.17, 15) is 0 Å². The van der Waals surface area contributed by atoms with E-state index in [0.29, 0.717) is 5.69 Å². The summed E-state index contributed by atoms with van der Waals surface area (Å²) in [6.45, 7) is 3.99. The molecule has 17 heavy (non-hydrogen) atoms. The molecule has 1 atom stereocenters. The van der Waals surface area contributed by atoms with Crippen molar-refractivity contribution >= 4 is 11.5 Å². The van der Waals surface area contributed by atoms with Crippen LogP contribution in [-0.4, -0.2) is 15.8 Å². The molecule has 0 bridgehead atoms. The van der Waals surface area contributed by atoms with Crippen molar-refractivity contribution in [2.24, 2.45) is 7.05 Å². The van der Waals surface area contributed by atoms with Crippen LogP contribution in [0.2, 0.25) is 0 Å². The van der Waals surface area contributed by atoms with E-state index < -0.39 is 0 Å². The van der Waals surface area contributed by atoms with Gasteiger partial charge < -0.3 is 15.5 Å². The number of nitrogens with two attached hydrogens (primary N) is 1. The predicted molar refractivity (Wildman–Crippen MR) is 67.9 cm³/mol. The van der Waals surface area contributed by atoms with Crippen LogP contribution in [0, 0.1) is 6.92 Å². The van der Waals surface area contributed by atoms with Gasteiger partial charge in [-0.3, -0.25) is 4.68 Å². The molecule has 3 N–H and O–H groups in total. The number of nitrogens with zero attached hydrogens (tertiary/aromatic N) is 2. The Morgan fingerprint density at radius 2 is 2.35 bits per heavy atom. The van der Waals surface area contributed by atoms with Crippen LogP contribution in [0.15, 0.2) is 22.8 Å². The summed E-state index contributed by atoms with van der Waals surface area (Å²) in [5.74, 6) is 1.82. The molecule has 2 aromatic rings. The van der Waals surface area contributed by atoms with E-state index >= 15 is 0 Å². The monoisotopic (exact) mass is 234 g/mol. The zero-order chi connectivity index (χ0) is 12.4. The lowest BCUT2D eigenvalue weighted by atomic mass is 10.2. The Hall–Kier alpha value is -1.91. The minimum absolute atomic E-state index is 0.234. The highest BCUT2D eigenvalue weighted by molar-refractivity contribution is 5.64. The molecule has 2 aromatic heterocycles. The average molecular weight is 234 g/mol. The number of anilines is 2. The number of nitrogens with one attached hydrogen (secondary N) is 1. The van der Waals surface area contributed by atoms with Gasteiger partial charge in [-0.25, -0.2) is 0 Å². The molecule has 0 aliphatic rings. The second kappa shape index (κ2) is 4.53. The van der Waals surface area contributed by atoms with E-state index in [1.807, 2.05) is 26.1 Å². The summed E-state index contributed by atoms with van der Waals surface area (Å²) in [6, 6.07) is 4.10. The van der Waals surface area contributed by atoms with Gasteiger partial charge in [0.15, 0.2) is 0 Å². The first kappa shape index (κ1) is 11.6. The van der Waals surface area contributed by atoms with Crippen LogP contribution in [0.1, 0.15) is 18.4 Å². The highest BCUT2D eigenvalue weighted by Crippen LogP contribution is 2.22. The third-order valence-corrected chi connectivity index (χ3v) is 2.74. The molecule has 92 valence electrons. The molecule has 0 aliphatic heterocycles. The fraction of sp³-hybridized carbons (Fsp3) is 0.417. The van der Waals surface area contributed by atoms with E-state index in [1.54, 1.807) is 10.9 Å². The second-order valence-corrected chi connectivity index (χ2v) is 4.30. The molecule has 2 rings (SSSR count). The maximum absolute atomic E-state index is 5.96. The molecular weight excluding hydrogens is 216 g/mol. The first-order valence-corrected chi connectivity index (χ1v) is 5.66. The Bertz CT molecular complexity index is 487. The molecule has 0 aromatic carbocycles. The third-order valence-electron chi connectivity index (χ3n) is 2.74. The van der Waals surface area contributed by atoms with Crippen LogP contribution in [0.4, 0.5) is 11.5 Å². The molecule has 0 saturated carbocycles. The highest BCUT2D eigenvalue weighted by Gasteiger charge is 2.13. The molecule has 5 heteroatoms. The third kappa shape index (κ3) is 2.43. The summed E-state index contributed by atoms with van der Waals surface area (Å²) in [5, 5.41) is 7.62. The van der Waals surface area contributed by atoms with Crippen molar-refractivity contribution in [3.63, 3.8) is 0 Å².